The van der Waals surface area contributed by atoms with Crippen molar-refractivity contribution in [1.29, 1.82) is 5.26 Å². The summed E-state index contributed by atoms with van der Waals surface area (Å²) < 4.78 is 5.48. The molecule has 0 saturated carbocycles. The number of rotatable bonds is 3. The van der Waals surface area contributed by atoms with Crippen LogP contribution in [0.4, 0.5) is 11.4 Å². The van der Waals surface area contributed by atoms with E-state index < -0.39 is 0 Å². The number of allylic oxidation sites excluding steroid dienone is 1. The fraction of sp³-hybridized carbons (Fsp3) is 0.154. The highest BCUT2D eigenvalue weighted by molar-refractivity contribution is 5.99. The lowest BCUT2D eigenvalue weighted by atomic mass is 10.2. The Bertz CT molecular complexity index is 776. The summed E-state index contributed by atoms with van der Waals surface area (Å²) in [7, 11) is 1.68. The number of nitrogens with one attached hydrogen (secondary N) is 2. The van der Waals surface area contributed by atoms with Crippen LogP contribution in [0.5, 0.6) is 5.75 Å². The lowest BCUT2D eigenvalue weighted by Crippen LogP contribution is -2.35. The molecule has 0 atom stereocenters. The number of anilines is 2. The number of carbonyl (C=O) groups is 1. The normalized spacial score (nSPS) is 14.1. The smallest absolute Gasteiger partial charge is 0.264 e. The van der Waals surface area contributed by atoms with Gasteiger partial charge in [-0.1, -0.05) is 6.07 Å². The molecule has 1 amide bonds. The molecule has 1 aliphatic heterocycles. The van der Waals surface area contributed by atoms with Crippen LogP contribution in [0.1, 0.15) is 5.82 Å². The predicted molar refractivity (Wildman–Crippen MR) is 76.7 cm³/mol. The first-order valence-electron chi connectivity index (χ1n) is 6.33. The molecule has 2 N–H and O–H groups in total. The number of tetrazole rings is 1. The molecule has 0 spiro atoms. The third-order valence-electron chi connectivity index (χ3n) is 3.15. The quantitative estimate of drug-likeness (QED) is 0.793. The predicted octanol–water partition coefficient (Wildman–Crippen LogP) is 0.531. The van der Waals surface area contributed by atoms with E-state index in [1.165, 1.54) is 11.1 Å². The number of nitriles is 1. The van der Waals surface area contributed by atoms with Crippen molar-refractivity contribution in [3.63, 3.8) is 0 Å². The number of para-hydroxylation sites is 1. The number of carbonyl (C=O) groups excluding carboxylic acids is 1. The third kappa shape index (κ3) is 2.33. The van der Waals surface area contributed by atoms with E-state index in [2.05, 4.69) is 25.9 Å². The zero-order valence-corrected chi connectivity index (χ0v) is 11.6. The van der Waals surface area contributed by atoms with E-state index in [1.54, 1.807) is 25.2 Å². The number of fused-ring (bicyclic) bond motifs is 1. The van der Waals surface area contributed by atoms with Crippen LogP contribution < -0.4 is 15.0 Å². The summed E-state index contributed by atoms with van der Waals surface area (Å²) in [5, 5.41) is 25.3. The Kier molecular flexibility index (Phi) is 3.41. The van der Waals surface area contributed by atoms with Crippen molar-refractivity contribution in [3.8, 4) is 11.8 Å². The van der Waals surface area contributed by atoms with E-state index >= 15 is 0 Å². The molecule has 0 radical (unpaired) electrons. The van der Waals surface area contributed by atoms with Gasteiger partial charge in [-0.2, -0.15) is 10.5 Å². The van der Waals surface area contributed by atoms with Gasteiger partial charge in [0.2, 0.25) is 5.82 Å². The standard InChI is InChI=1S/C13H11N7O2/c1-20-10-4-2-3-9(12(10)22-7-11(20)21)15-6-8(5-14)13-16-18-19-17-13/h2-4,6,15H,7H2,1H3,(H,16,17,18,19). The molecular formula is C13H11N7O2. The van der Waals surface area contributed by atoms with Gasteiger partial charge >= 0.3 is 0 Å². The summed E-state index contributed by atoms with van der Waals surface area (Å²) in [4.78, 5) is 13.2. The molecule has 1 aromatic carbocycles. The van der Waals surface area contributed by atoms with Crippen molar-refractivity contribution in [3.05, 3.63) is 30.2 Å². The van der Waals surface area contributed by atoms with Gasteiger partial charge in [-0.3, -0.25) is 4.79 Å². The summed E-state index contributed by atoms with van der Waals surface area (Å²) in [6, 6.07) is 7.33. The number of amides is 1. The largest absolute Gasteiger partial charge is 0.479 e. The second-order valence-electron chi connectivity index (χ2n) is 4.44. The molecule has 0 bridgehead atoms. The average molecular weight is 297 g/mol. The maximum Gasteiger partial charge on any atom is 0.264 e. The average Bonchev–Trinajstić information content (AvgIpc) is 3.06. The van der Waals surface area contributed by atoms with E-state index in [9.17, 15) is 4.79 Å². The summed E-state index contributed by atoms with van der Waals surface area (Å²) in [6.45, 7) is -0.0259. The highest BCUT2D eigenvalue weighted by Crippen LogP contribution is 2.38. The van der Waals surface area contributed by atoms with Gasteiger partial charge in [-0.15, -0.1) is 10.2 Å². The molecule has 0 unspecified atom stereocenters. The zero-order chi connectivity index (χ0) is 15.5. The van der Waals surface area contributed by atoms with Crippen molar-refractivity contribution >= 4 is 22.9 Å². The van der Waals surface area contributed by atoms with E-state index in [1.807, 2.05) is 6.07 Å². The molecule has 1 aliphatic rings. The van der Waals surface area contributed by atoms with Crippen LogP contribution >= 0.6 is 0 Å². The molecule has 3 rings (SSSR count). The Balaban J connectivity index is 1.91. The number of hydrogen-bond acceptors (Lipinski definition) is 7. The van der Waals surface area contributed by atoms with Crippen molar-refractivity contribution in [2.45, 2.75) is 0 Å². The maximum absolute atomic E-state index is 11.6. The summed E-state index contributed by atoms with van der Waals surface area (Å²) in [6.07, 6.45) is 1.46. The van der Waals surface area contributed by atoms with Gasteiger partial charge in [-0.25, -0.2) is 0 Å². The Morgan fingerprint density at radius 1 is 1.59 bits per heavy atom. The fourth-order valence-corrected chi connectivity index (χ4v) is 1.99. The summed E-state index contributed by atoms with van der Waals surface area (Å²) in [5.74, 6) is 0.615. The molecule has 0 aliphatic carbocycles. The van der Waals surface area contributed by atoms with E-state index in [4.69, 9.17) is 10.00 Å². The van der Waals surface area contributed by atoms with Crippen molar-refractivity contribution in [2.24, 2.45) is 0 Å². The van der Waals surface area contributed by atoms with Crippen molar-refractivity contribution in [2.75, 3.05) is 23.9 Å². The minimum absolute atomic E-state index is 0.0259. The Labute approximate surface area is 125 Å². The first-order chi connectivity index (χ1) is 10.7. The lowest BCUT2D eigenvalue weighted by molar-refractivity contribution is -0.120. The zero-order valence-electron chi connectivity index (χ0n) is 11.6. The molecule has 2 aromatic rings. The number of aromatic amines is 1. The van der Waals surface area contributed by atoms with Gasteiger partial charge in [0.15, 0.2) is 12.4 Å². The van der Waals surface area contributed by atoms with Gasteiger partial charge < -0.3 is 15.0 Å². The number of nitrogens with zero attached hydrogens (tertiary/aromatic N) is 5. The molecule has 110 valence electrons. The Morgan fingerprint density at radius 3 is 3.18 bits per heavy atom. The molecule has 9 nitrogen and oxygen atoms in total. The molecule has 0 fully saturated rings. The Morgan fingerprint density at radius 2 is 2.45 bits per heavy atom. The highest BCUT2D eigenvalue weighted by atomic mass is 16.5. The van der Waals surface area contributed by atoms with Crippen molar-refractivity contribution < 1.29 is 9.53 Å². The van der Waals surface area contributed by atoms with E-state index in [0.29, 0.717) is 17.1 Å². The summed E-state index contributed by atoms with van der Waals surface area (Å²) >= 11 is 0. The number of hydrogen-bond donors (Lipinski definition) is 2. The van der Waals surface area contributed by atoms with Gasteiger partial charge in [0.05, 0.1) is 11.4 Å². The van der Waals surface area contributed by atoms with E-state index in [-0.39, 0.29) is 23.9 Å². The van der Waals surface area contributed by atoms with Crippen molar-refractivity contribution in [1.82, 2.24) is 20.6 Å². The van der Waals surface area contributed by atoms with Crippen LogP contribution in [0.3, 0.4) is 0 Å². The van der Waals surface area contributed by atoms with Gasteiger partial charge in [0, 0.05) is 13.2 Å². The first kappa shape index (κ1) is 13.6. The van der Waals surface area contributed by atoms with Gasteiger partial charge in [-0.05, 0) is 17.3 Å². The number of ether oxygens (including phenoxy) is 1. The first-order valence-corrected chi connectivity index (χ1v) is 6.33. The van der Waals surface area contributed by atoms with Gasteiger partial charge in [0.25, 0.3) is 5.91 Å². The summed E-state index contributed by atoms with van der Waals surface area (Å²) in [5.41, 5.74) is 1.51. The number of aromatic nitrogens is 4. The fourth-order valence-electron chi connectivity index (χ4n) is 1.99. The van der Waals surface area contributed by atoms with Crippen LogP contribution in [0.2, 0.25) is 0 Å². The molecule has 22 heavy (non-hydrogen) atoms. The van der Waals surface area contributed by atoms with E-state index in [0.717, 1.165) is 0 Å². The van der Waals surface area contributed by atoms with Crippen LogP contribution in [-0.4, -0.2) is 40.2 Å². The third-order valence-corrected chi connectivity index (χ3v) is 3.15. The second kappa shape index (κ2) is 5.53. The minimum atomic E-state index is -0.121. The van der Waals surface area contributed by atoms with Gasteiger partial charge in [0.1, 0.15) is 11.6 Å². The second-order valence-corrected chi connectivity index (χ2v) is 4.44. The molecule has 1 aromatic heterocycles. The molecular weight excluding hydrogens is 286 g/mol. The monoisotopic (exact) mass is 297 g/mol. The SMILES string of the molecule is CN1C(=O)COc2c(NC=C(C#N)c3nn[nH]n3)cccc21. The number of benzene rings is 1. The molecule has 0 saturated heterocycles. The van der Waals surface area contributed by atoms with Crippen LogP contribution in [0.15, 0.2) is 24.4 Å². The Hall–Kier alpha value is -3.41. The lowest BCUT2D eigenvalue weighted by Gasteiger charge is -2.27. The van der Waals surface area contributed by atoms with Crippen LogP contribution in [-0.2, 0) is 4.79 Å². The van der Waals surface area contributed by atoms with Crippen LogP contribution in [0, 0.1) is 11.3 Å². The number of likely N-dealkylation sites (N-methyl/N-ethyl adjacent to an activating group) is 1. The molecule has 2 heterocycles. The van der Waals surface area contributed by atoms with Crippen LogP contribution in [0.25, 0.3) is 5.57 Å². The minimum Gasteiger partial charge on any atom is -0.479 e. The number of H-pyrrole nitrogens is 1. The maximum atomic E-state index is 11.6. The topological polar surface area (TPSA) is 120 Å². The molecule has 9 heteroatoms. The highest BCUT2D eigenvalue weighted by Gasteiger charge is 2.24.